The van der Waals surface area contributed by atoms with E-state index in [1.165, 1.54) is 12.1 Å². The van der Waals surface area contributed by atoms with E-state index < -0.39 is 24.4 Å². The van der Waals surface area contributed by atoms with Crippen LogP contribution in [0.2, 0.25) is 0 Å². The number of carboxylic acid groups (broad SMARTS) is 1. The molecule has 1 heterocycles. The number of benzene rings is 3. The molecule has 0 atom stereocenters. The summed E-state index contributed by atoms with van der Waals surface area (Å²) in [5.41, 5.74) is 1.70. The number of carbonyl (C=O) groups is 2. The molecular formula is C26H24FN3O5S. The number of aliphatic carboxylic acids is 1. The van der Waals surface area contributed by atoms with Gasteiger partial charge in [-0.25, -0.2) is 14.2 Å². The molecule has 186 valence electrons. The first-order chi connectivity index (χ1) is 17.5. The third-order valence-electron chi connectivity index (χ3n) is 5.06. The minimum Gasteiger partial charge on any atom is -0.492 e. The third-order valence-corrected chi connectivity index (χ3v) is 6.10. The molecule has 0 aliphatic heterocycles. The highest BCUT2D eigenvalue weighted by atomic mass is 32.1. The Kier molecular flexibility index (Phi) is 8.43. The monoisotopic (exact) mass is 509 g/mol. The van der Waals surface area contributed by atoms with Crippen LogP contribution < -0.4 is 14.8 Å². The zero-order valence-corrected chi connectivity index (χ0v) is 20.0. The first kappa shape index (κ1) is 25.1. The van der Waals surface area contributed by atoms with Crippen LogP contribution in [0.5, 0.6) is 11.5 Å². The average Bonchev–Trinajstić information content (AvgIpc) is 3.28. The van der Waals surface area contributed by atoms with Gasteiger partial charge in [-0.05, 0) is 54.1 Å². The molecule has 1 amide bonds. The van der Waals surface area contributed by atoms with Gasteiger partial charge in [-0.3, -0.25) is 9.69 Å². The van der Waals surface area contributed by atoms with E-state index in [0.717, 1.165) is 32.3 Å². The van der Waals surface area contributed by atoms with Crippen LogP contribution in [0.3, 0.4) is 0 Å². The van der Waals surface area contributed by atoms with Crippen LogP contribution in [0.1, 0.15) is 10.6 Å². The zero-order valence-electron chi connectivity index (χ0n) is 19.2. The van der Waals surface area contributed by atoms with Crippen molar-refractivity contribution in [2.24, 2.45) is 0 Å². The van der Waals surface area contributed by atoms with Gasteiger partial charge in [-0.15, -0.1) is 11.3 Å². The van der Waals surface area contributed by atoms with Crippen LogP contribution >= 0.6 is 11.3 Å². The summed E-state index contributed by atoms with van der Waals surface area (Å²) in [5.74, 6) is -0.871. The van der Waals surface area contributed by atoms with E-state index in [4.69, 9.17) is 9.47 Å². The molecule has 0 aliphatic carbocycles. The fraction of sp³-hybridized carbons (Fsp3) is 0.192. The van der Waals surface area contributed by atoms with Gasteiger partial charge in [0.1, 0.15) is 35.5 Å². The van der Waals surface area contributed by atoms with Gasteiger partial charge in [0.15, 0.2) is 0 Å². The highest BCUT2D eigenvalue weighted by molar-refractivity contribution is 7.18. The molecule has 0 bridgehead atoms. The Balaban J connectivity index is 1.24. The largest absolute Gasteiger partial charge is 0.492 e. The molecule has 0 radical (unpaired) electrons. The molecule has 0 fully saturated rings. The second kappa shape index (κ2) is 12.1. The first-order valence-corrected chi connectivity index (χ1v) is 12.0. The molecule has 8 nitrogen and oxygen atoms in total. The van der Waals surface area contributed by atoms with Crippen molar-refractivity contribution < 1.29 is 28.6 Å². The summed E-state index contributed by atoms with van der Waals surface area (Å²) in [6.07, 6.45) is -0.844. The van der Waals surface area contributed by atoms with Crippen molar-refractivity contribution in [3.05, 3.63) is 89.2 Å². The van der Waals surface area contributed by atoms with Crippen LogP contribution in [0.15, 0.2) is 72.8 Å². The van der Waals surface area contributed by atoms with Gasteiger partial charge in [-0.2, -0.15) is 0 Å². The Labute approximate surface area is 210 Å². The molecule has 10 heteroatoms. The van der Waals surface area contributed by atoms with Crippen molar-refractivity contribution >= 4 is 33.6 Å². The highest BCUT2D eigenvalue weighted by Crippen LogP contribution is 2.21. The van der Waals surface area contributed by atoms with E-state index in [-0.39, 0.29) is 12.3 Å². The number of hydrogen-bond acceptors (Lipinski definition) is 7. The quantitative estimate of drug-likeness (QED) is 0.283. The Hall–Kier alpha value is -4.02. The molecule has 2 N–H and O–H groups in total. The topological polar surface area (TPSA) is 101 Å². The third kappa shape index (κ3) is 7.24. The number of aromatic nitrogens is 1. The number of nitrogens with zero attached hydrogens (tertiary/aromatic N) is 2. The smallest absolute Gasteiger partial charge is 0.416 e. The predicted octanol–water partition coefficient (Wildman–Crippen LogP) is 4.69. The lowest BCUT2D eigenvalue weighted by Crippen LogP contribution is -2.37. The van der Waals surface area contributed by atoms with Crippen LogP contribution in [0, 0.1) is 5.82 Å². The SMILES string of the molecule is O=C(O)CN(Cc1ccc(OCCNCc2nc3ccccc3s2)cc1)C(=O)Oc1ccc(F)cc1. The fourth-order valence-electron chi connectivity index (χ4n) is 3.36. The maximum Gasteiger partial charge on any atom is 0.416 e. The number of amides is 1. The lowest BCUT2D eigenvalue weighted by molar-refractivity contribution is -0.138. The summed E-state index contributed by atoms with van der Waals surface area (Å²) in [6.45, 7) is 1.24. The number of para-hydroxylation sites is 1. The van der Waals surface area contributed by atoms with Crippen molar-refractivity contribution in [1.29, 1.82) is 0 Å². The molecule has 36 heavy (non-hydrogen) atoms. The van der Waals surface area contributed by atoms with E-state index >= 15 is 0 Å². The number of halogens is 1. The van der Waals surface area contributed by atoms with Crippen molar-refractivity contribution in [2.45, 2.75) is 13.1 Å². The normalized spacial score (nSPS) is 10.8. The highest BCUT2D eigenvalue weighted by Gasteiger charge is 2.19. The Morgan fingerprint density at radius 2 is 1.72 bits per heavy atom. The standard InChI is InChI=1S/C26H24FN3O5S/c27-19-7-11-21(12-8-19)35-26(33)30(17-25(31)32)16-18-5-9-20(10-6-18)34-14-13-28-15-24-29-22-3-1-2-4-23(22)36-24/h1-12,28H,13-17H2,(H,31,32). The fourth-order valence-corrected chi connectivity index (χ4v) is 4.30. The predicted molar refractivity (Wildman–Crippen MR) is 134 cm³/mol. The molecule has 1 aromatic heterocycles. The molecule has 4 rings (SSSR count). The number of hydrogen-bond donors (Lipinski definition) is 2. The van der Waals surface area contributed by atoms with Gasteiger partial charge in [0.05, 0.1) is 10.2 Å². The first-order valence-electron chi connectivity index (χ1n) is 11.2. The average molecular weight is 510 g/mol. The number of nitrogens with one attached hydrogen (secondary N) is 1. The summed E-state index contributed by atoms with van der Waals surface area (Å²) >= 11 is 1.66. The molecular weight excluding hydrogens is 485 g/mol. The molecule has 0 aliphatic rings. The maximum atomic E-state index is 13.1. The molecule has 0 saturated heterocycles. The summed E-state index contributed by atoms with van der Waals surface area (Å²) in [5, 5.41) is 13.5. The minimum absolute atomic E-state index is 0.0241. The van der Waals surface area contributed by atoms with Crippen LogP contribution in [-0.2, 0) is 17.9 Å². The Morgan fingerprint density at radius 1 is 1.00 bits per heavy atom. The molecule has 0 saturated carbocycles. The van der Waals surface area contributed by atoms with Gasteiger partial charge in [0.2, 0.25) is 0 Å². The van der Waals surface area contributed by atoms with Crippen molar-refractivity contribution in [1.82, 2.24) is 15.2 Å². The minimum atomic E-state index is -1.18. The Bertz CT molecular complexity index is 1280. The molecule has 4 aromatic rings. The van der Waals surface area contributed by atoms with Gasteiger partial charge in [-0.1, -0.05) is 24.3 Å². The van der Waals surface area contributed by atoms with Crippen LogP contribution in [-0.4, -0.2) is 46.7 Å². The van der Waals surface area contributed by atoms with Gasteiger partial charge >= 0.3 is 12.1 Å². The lowest BCUT2D eigenvalue weighted by atomic mass is 10.2. The summed E-state index contributed by atoms with van der Waals surface area (Å²) in [6, 6.07) is 19.9. The van der Waals surface area contributed by atoms with Crippen molar-refractivity contribution in [3.63, 3.8) is 0 Å². The summed E-state index contributed by atoms with van der Waals surface area (Å²) < 4.78 is 25.1. The second-order valence-corrected chi connectivity index (χ2v) is 8.93. The van der Waals surface area contributed by atoms with Gasteiger partial charge in [0, 0.05) is 19.6 Å². The summed E-state index contributed by atoms with van der Waals surface area (Å²) in [4.78, 5) is 29.3. The summed E-state index contributed by atoms with van der Waals surface area (Å²) in [7, 11) is 0. The van der Waals surface area contributed by atoms with E-state index in [9.17, 15) is 19.1 Å². The van der Waals surface area contributed by atoms with Crippen LogP contribution in [0.25, 0.3) is 10.2 Å². The number of carbonyl (C=O) groups excluding carboxylic acids is 1. The van der Waals surface area contributed by atoms with Gasteiger partial charge in [0.25, 0.3) is 0 Å². The molecule has 3 aromatic carbocycles. The van der Waals surface area contributed by atoms with E-state index in [0.29, 0.717) is 31.0 Å². The lowest BCUT2D eigenvalue weighted by Gasteiger charge is -2.20. The van der Waals surface area contributed by atoms with Gasteiger partial charge < -0.3 is 19.9 Å². The second-order valence-electron chi connectivity index (χ2n) is 7.82. The molecule has 0 spiro atoms. The van der Waals surface area contributed by atoms with Crippen molar-refractivity contribution in [3.8, 4) is 11.5 Å². The Morgan fingerprint density at radius 3 is 2.44 bits per heavy atom. The van der Waals surface area contributed by atoms with Crippen LogP contribution in [0.4, 0.5) is 9.18 Å². The van der Waals surface area contributed by atoms with E-state index in [2.05, 4.69) is 16.4 Å². The number of fused-ring (bicyclic) bond motifs is 1. The maximum absolute atomic E-state index is 13.1. The number of rotatable bonds is 11. The van der Waals surface area contributed by atoms with E-state index in [1.54, 1.807) is 35.6 Å². The van der Waals surface area contributed by atoms with E-state index in [1.807, 2.05) is 18.2 Å². The number of thiazole rings is 1. The number of carboxylic acids is 1. The van der Waals surface area contributed by atoms with Crippen molar-refractivity contribution in [2.75, 3.05) is 19.7 Å². The zero-order chi connectivity index (χ0) is 25.3. The molecule has 0 unspecified atom stereocenters. The number of ether oxygens (including phenoxy) is 2.